The maximum Gasteiger partial charge on any atom is 0.278 e. The van der Waals surface area contributed by atoms with Crippen molar-refractivity contribution in [2.45, 2.75) is 18.3 Å². The van der Waals surface area contributed by atoms with E-state index in [0.717, 1.165) is 16.4 Å². The molecule has 1 aromatic heterocycles. The van der Waals surface area contributed by atoms with Crippen LogP contribution in [0.3, 0.4) is 0 Å². The molecule has 0 bridgehead atoms. The van der Waals surface area contributed by atoms with E-state index in [1.165, 1.54) is 11.8 Å². The number of nitrogens with zero attached hydrogens (tertiary/aromatic N) is 5. The molecule has 37 heavy (non-hydrogen) atoms. The molecule has 0 spiro atoms. The number of quaternary nitrogens is 1. The number of hydrogen-bond donors (Lipinski definition) is 3. The van der Waals surface area contributed by atoms with Crippen LogP contribution in [0.2, 0.25) is 0 Å². The summed E-state index contributed by atoms with van der Waals surface area (Å²) in [4.78, 5) is 58.1. The van der Waals surface area contributed by atoms with E-state index < -0.39 is 47.7 Å². The lowest BCUT2D eigenvalue weighted by atomic mass is 10.0. The van der Waals surface area contributed by atoms with Gasteiger partial charge in [0.05, 0.1) is 31.8 Å². The van der Waals surface area contributed by atoms with Crippen LogP contribution < -0.4 is 21.9 Å². The van der Waals surface area contributed by atoms with Crippen molar-refractivity contribution in [1.82, 2.24) is 19.6 Å². The molecule has 1 aromatic rings. The van der Waals surface area contributed by atoms with Crippen LogP contribution in [0.5, 0.6) is 0 Å². The number of carbonyl (C=O) groups excluding carboxylic acids is 4. The molecule has 0 aromatic carbocycles. The van der Waals surface area contributed by atoms with Gasteiger partial charge in [-0.25, -0.2) is 4.39 Å². The number of carboxylic acid groups (broad SMARTS) is 1. The van der Waals surface area contributed by atoms with Crippen LogP contribution >= 0.6 is 23.3 Å². The number of nitrogen functional groups attached to an aromatic ring is 1. The van der Waals surface area contributed by atoms with Crippen LogP contribution in [0, 0.1) is 0 Å². The Bertz CT molecular complexity index is 1190. The number of anilines is 1. The number of nitrogens with two attached hydrogens (primary N) is 2. The first-order valence-electron chi connectivity index (χ1n) is 10.8. The number of nitrogens with one attached hydrogen (secondary N) is 1. The number of carbonyl (C=O) groups is 4. The van der Waals surface area contributed by atoms with Gasteiger partial charge in [-0.3, -0.25) is 19.3 Å². The molecule has 0 radical (unpaired) electrons. The van der Waals surface area contributed by atoms with Crippen molar-refractivity contribution in [3.8, 4) is 0 Å². The molecule has 200 valence electrons. The molecular weight excluding hydrogens is 531 g/mol. The van der Waals surface area contributed by atoms with Gasteiger partial charge in [-0.05, 0) is 18.6 Å². The zero-order chi connectivity index (χ0) is 27.3. The van der Waals surface area contributed by atoms with Crippen LogP contribution in [-0.4, -0.2) is 98.9 Å². The first-order chi connectivity index (χ1) is 17.5. The van der Waals surface area contributed by atoms with E-state index in [2.05, 4.69) is 24.7 Å². The number of alkyl halides is 1. The van der Waals surface area contributed by atoms with Crippen molar-refractivity contribution in [3.63, 3.8) is 0 Å². The lowest BCUT2D eigenvalue weighted by Crippen LogP contribution is -2.71. The van der Waals surface area contributed by atoms with Gasteiger partial charge < -0.3 is 36.0 Å². The maximum atomic E-state index is 12.9. The topological polar surface area (TPSA) is 206 Å². The van der Waals surface area contributed by atoms with Gasteiger partial charge in [0.15, 0.2) is 11.7 Å². The summed E-state index contributed by atoms with van der Waals surface area (Å²) in [6.07, 6.45) is 3.30. The van der Waals surface area contributed by atoms with Crippen LogP contribution in [0.25, 0.3) is 0 Å². The monoisotopic (exact) mass is 556 g/mol. The Morgan fingerprint density at radius 1 is 1.43 bits per heavy atom. The molecule has 3 atom stereocenters. The van der Waals surface area contributed by atoms with Crippen LogP contribution in [0.15, 0.2) is 28.6 Å². The minimum atomic E-state index is -1.55. The zero-order valence-electron chi connectivity index (χ0n) is 19.9. The molecule has 0 aliphatic carbocycles. The fourth-order valence-electron chi connectivity index (χ4n) is 3.70. The summed E-state index contributed by atoms with van der Waals surface area (Å²) in [6, 6.07) is -1.10. The maximum absolute atomic E-state index is 12.9. The molecule has 3 unspecified atom stereocenters. The summed E-state index contributed by atoms with van der Waals surface area (Å²) in [7, 11) is 1.84. The number of hydrogen-bond acceptors (Lipinski definition) is 12. The number of halogens is 1. The van der Waals surface area contributed by atoms with Gasteiger partial charge in [-0.15, -0.1) is 11.8 Å². The van der Waals surface area contributed by atoms with E-state index in [1.54, 1.807) is 12.2 Å². The molecule has 1 fully saturated rings. The lowest BCUT2D eigenvalue weighted by Gasteiger charge is -2.50. The highest BCUT2D eigenvalue weighted by Crippen LogP contribution is 2.40. The quantitative estimate of drug-likeness (QED) is 0.108. The molecule has 1 saturated heterocycles. The van der Waals surface area contributed by atoms with Crippen molar-refractivity contribution in [2.24, 2.45) is 10.9 Å². The normalized spacial score (nSPS) is 21.3. The number of aromatic nitrogens is 2. The van der Waals surface area contributed by atoms with Crippen LogP contribution in [-0.2, 0) is 24.0 Å². The highest BCUT2D eigenvalue weighted by atomic mass is 32.2. The summed E-state index contributed by atoms with van der Waals surface area (Å²) in [5.41, 5.74) is 10.4. The Morgan fingerprint density at radius 3 is 2.73 bits per heavy atom. The zero-order valence-corrected chi connectivity index (χ0v) is 21.5. The molecule has 3 heterocycles. The van der Waals surface area contributed by atoms with Gasteiger partial charge in [-0.1, -0.05) is 11.2 Å². The Hall–Kier alpha value is -3.57. The Kier molecular flexibility index (Phi) is 8.82. The average Bonchev–Trinajstić information content (AvgIpc) is 3.27. The summed E-state index contributed by atoms with van der Waals surface area (Å²) < 4.78 is 16.6. The minimum absolute atomic E-state index is 0.0291. The van der Waals surface area contributed by atoms with Crippen molar-refractivity contribution in [1.29, 1.82) is 0 Å². The van der Waals surface area contributed by atoms with Crippen molar-refractivity contribution in [2.75, 3.05) is 45.0 Å². The third-order valence-electron chi connectivity index (χ3n) is 5.72. The number of aliphatic carboxylic acids is 1. The summed E-state index contributed by atoms with van der Waals surface area (Å²) in [5.74, 6) is -3.63. The number of rotatable bonds is 12. The third-order valence-corrected chi connectivity index (χ3v) is 7.56. The van der Waals surface area contributed by atoms with Crippen molar-refractivity contribution >= 4 is 57.8 Å². The largest absolute Gasteiger partial charge is 0.543 e. The summed E-state index contributed by atoms with van der Waals surface area (Å²) in [6.45, 7) is 1.71. The predicted octanol–water partition coefficient (Wildman–Crippen LogP) is -2.32. The third kappa shape index (κ3) is 6.23. The number of fused-ring (bicyclic) bond motifs is 1. The number of thioether (sulfide) groups is 1. The second-order valence-corrected chi connectivity index (χ2v) is 10.2. The van der Waals surface area contributed by atoms with Gasteiger partial charge in [0.2, 0.25) is 11.5 Å². The Labute approximate surface area is 218 Å². The second kappa shape index (κ2) is 11.7. The molecular formula is C20H25FN8O6S2. The number of primary amides is 1. The lowest BCUT2D eigenvalue weighted by molar-refractivity contribution is -0.894. The van der Waals surface area contributed by atoms with E-state index in [-0.39, 0.29) is 29.0 Å². The smallest absolute Gasteiger partial charge is 0.278 e. The molecule has 2 aliphatic rings. The second-order valence-electron chi connectivity index (χ2n) is 8.30. The van der Waals surface area contributed by atoms with E-state index in [4.69, 9.17) is 11.5 Å². The molecule has 17 heteroatoms. The van der Waals surface area contributed by atoms with E-state index in [9.17, 15) is 28.7 Å². The fourth-order valence-corrected chi connectivity index (χ4v) is 5.46. The SMILES string of the molecule is CC[N+](C)(C/C=C/C1=C(C(=O)[O-])N2C(=O)C(NC(=O)/C(=N/OCF)c3nsc(N)n3)C2SC1)CC(N)=O. The Morgan fingerprint density at radius 2 is 2.16 bits per heavy atom. The van der Waals surface area contributed by atoms with E-state index in [1.807, 2.05) is 14.0 Å². The number of allylic oxidation sites excluding steroid dienone is 1. The molecule has 2 aliphatic heterocycles. The van der Waals surface area contributed by atoms with Crippen LogP contribution in [0.1, 0.15) is 12.7 Å². The Balaban J connectivity index is 1.76. The average molecular weight is 557 g/mol. The first-order valence-corrected chi connectivity index (χ1v) is 12.7. The fraction of sp³-hybridized carbons (Fsp3) is 0.450. The van der Waals surface area contributed by atoms with Gasteiger partial charge in [0, 0.05) is 17.3 Å². The summed E-state index contributed by atoms with van der Waals surface area (Å²) >= 11 is 2.01. The van der Waals surface area contributed by atoms with Gasteiger partial charge >= 0.3 is 0 Å². The van der Waals surface area contributed by atoms with Gasteiger partial charge in [0.1, 0.15) is 11.4 Å². The number of amides is 3. The van der Waals surface area contributed by atoms with Crippen LogP contribution in [0.4, 0.5) is 9.52 Å². The molecule has 14 nitrogen and oxygen atoms in total. The summed E-state index contributed by atoms with van der Waals surface area (Å²) in [5, 5.41) is 17.1. The number of likely N-dealkylation sites (N-methyl/N-ethyl adjacent to an activating group) is 1. The molecule has 3 rings (SSSR count). The highest BCUT2D eigenvalue weighted by Gasteiger charge is 2.53. The van der Waals surface area contributed by atoms with E-state index >= 15 is 0 Å². The van der Waals surface area contributed by atoms with Crippen molar-refractivity contribution in [3.05, 3.63) is 29.2 Å². The molecule has 3 amide bonds. The van der Waals surface area contributed by atoms with Gasteiger partial charge in [-0.2, -0.15) is 9.36 Å². The molecule has 0 saturated carbocycles. The highest BCUT2D eigenvalue weighted by molar-refractivity contribution is 8.00. The predicted molar refractivity (Wildman–Crippen MR) is 130 cm³/mol. The first kappa shape index (κ1) is 28.0. The standard InChI is InChI=1S/C20H25FN8O6S2/c1-3-29(2,7-11(22)30)6-4-5-10-8-36-18-13(17(32)28(18)14(10)19(33)34)24-16(31)12(26-35-9-21)15-25-20(23)37-27-15/h4-5,13,18H,3,6-9H2,1-2H3,(H5-,22,23,24,25,27,30,31,33,34)/b5-4+,26-12+. The van der Waals surface area contributed by atoms with Crippen molar-refractivity contribution < 1.29 is 38.0 Å². The minimum Gasteiger partial charge on any atom is -0.543 e. The number of β-lactam (4-membered cyclic amide) rings is 1. The molecule has 5 N–H and O–H groups in total. The van der Waals surface area contributed by atoms with Gasteiger partial charge in [0.25, 0.3) is 24.6 Å². The number of carboxylic acids is 1. The van der Waals surface area contributed by atoms with E-state index in [0.29, 0.717) is 23.1 Å². The number of oxime groups is 1.